The molecule has 0 radical (unpaired) electrons. The van der Waals surface area contributed by atoms with Crippen molar-refractivity contribution >= 4 is 34.3 Å². The van der Waals surface area contributed by atoms with E-state index in [1.165, 1.54) is 20.5 Å². The van der Waals surface area contributed by atoms with Crippen LogP contribution in [0, 0.1) is 0 Å². The van der Waals surface area contributed by atoms with Gasteiger partial charge < -0.3 is 18.9 Å². The van der Waals surface area contributed by atoms with Gasteiger partial charge >= 0.3 is 5.97 Å². The van der Waals surface area contributed by atoms with Gasteiger partial charge in [-0.05, 0) is 18.2 Å². The van der Waals surface area contributed by atoms with Gasteiger partial charge in [0, 0.05) is 34.2 Å². The SMILES string of the molecule is COCc1ccoc1C(=O)c1[nH]c2cc(Cl)ccc2c1CC(=O)OC. The van der Waals surface area contributed by atoms with E-state index in [-0.39, 0.29) is 30.3 Å². The molecule has 0 fully saturated rings. The highest BCUT2D eigenvalue weighted by molar-refractivity contribution is 6.31. The van der Waals surface area contributed by atoms with Gasteiger partial charge in [0.05, 0.1) is 32.1 Å². The van der Waals surface area contributed by atoms with Crippen molar-refractivity contribution in [1.29, 1.82) is 0 Å². The highest BCUT2D eigenvalue weighted by Gasteiger charge is 2.25. The molecule has 1 aromatic carbocycles. The molecule has 130 valence electrons. The quantitative estimate of drug-likeness (QED) is 0.536. The van der Waals surface area contributed by atoms with Crippen molar-refractivity contribution in [3.8, 4) is 0 Å². The monoisotopic (exact) mass is 361 g/mol. The first kappa shape index (κ1) is 17.3. The number of esters is 1. The highest BCUT2D eigenvalue weighted by atomic mass is 35.5. The van der Waals surface area contributed by atoms with Crippen molar-refractivity contribution < 1.29 is 23.5 Å². The van der Waals surface area contributed by atoms with Gasteiger partial charge in [0.25, 0.3) is 0 Å². The molecule has 1 N–H and O–H groups in total. The Hall–Kier alpha value is -2.57. The van der Waals surface area contributed by atoms with Gasteiger partial charge in [-0.1, -0.05) is 17.7 Å². The summed E-state index contributed by atoms with van der Waals surface area (Å²) in [5.41, 5.74) is 2.11. The minimum absolute atomic E-state index is 0.0421. The molecule has 0 aliphatic carbocycles. The summed E-state index contributed by atoms with van der Waals surface area (Å²) in [6.07, 6.45) is 1.39. The lowest BCUT2D eigenvalue weighted by Gasteiger charge is -2.04. The number of furan rings is 1. The van der Waals surface area contributed by atoms with Crippen LogP contribution in [-0.4, -0.2) is 31.0 Å². The van der Waals surface area contributed by atoms with Crippen molar-refractivity contribution in [3.05, 3.63) is 58.1 Å². The number of carbonyl (C=O) groups is 2. The van der Waals surface area contributed by atoms with Crippen LogP contribution in [-0.2, 0) is 27.3 Å². The van der Waals surface area contributed by atoms with E-state index in [0.29, 0.717) is 21.7 Å². The zero-order chi connectivity index (χ0) is 18.0. The smallest absolute Gasteiger partial charge is 0.310 e. The number of aromatic amines is 1. The van der Waals surface area contributed by atoms with Crippen molar-refractivity contribution in [1.82, 2.24) is 4.98 Å². The summed E-state index contributed by atoms with van der Waals surface area (Å²) in [5.74, 6) is -0.629. The first-order chi connectivity index (χ1) is 12.0. The Morgan fingerprint density at radius 1 is 1.24 bits per heavy atom. The van der Waals surface area contributed by atoms with Gasteiger partial charge in [-0.15, -0.1) is 0 Å². The Morgan fingerprint density at radius 3 is 2.76 bits per heavy atom. The van der Waals surface area contributed by atoms with Crippen molar-refractivity contribution in [3.63, 3.8) is 0 Å². The molecule has 6 nitrogen and oxygen atoms in total. The molecular weight excluding hydrogens is 346 g/mol. The van der Waals surface area contributed by atoms with Crippen LogP contribution in [0.5, 0.6) is 0 Å². The summed E-state index contributed by atoms with van der Waals surface area (Å²) in [6, 6.07) is 6.85. The number of halogens is 1. The van der Waals surface area contributed by atoms with Crippen molar-refractivity contribution in [2.24, 2.45) is 0 Å². The third-order valence-electron chi connectivity index (χ3n) is 3.90. The zero-order valence-electron chi connectivity index (χ0n) is 13.7. The maximum absolute atomic E-state index is 13.0. The normalized spacial score (nSPS) is 11.0. The van der Waals surface area contributed by atoms with Crippen molar-refractivity contribution in [2.45, 2.75) is 13.0 Å². The summed E-state index contributed by atoms with van der Waals surface area (Å²) in [5, 5.41) is 1.26. The maximum Gasteiger partial charge on any atom is 0.310 e. The van der Waals surface area contributed by atoms with Crippen molar-refractivity contribution in [2.75, 3.05) is 14.2 Å². The van der Waals surface area contributed by atoms with Gasteiger partial charge in [-0.25, -0.2) is 0 Å². The number of nitrogens with one attached hydrogen (secondary N) is 1. The van der Waals surface area contributed by atoms with Crippen LogP contribution < -0.4 is 0 Å². The average Bonchev–Trinajstić information content (AvgIpc) is 3.19. The summed E-state index contributed by atoms with van der Waals surface area (Å²) in [7, 11) is 2.84. The highest BCUT2D eigenvalue weighted by Crippen LogP contribution is 2.28. The van der Waals surface area contributed by atoms with Gasteiger partial charge in [0.2, 0.25) is 5.78 Å². The molecule has 0 bridgehead atoms. The number of H-pyrrole nitrogens is 1. The van der Waals surface area contributed by atoms with Gasteiger partial charge in [0.1, 0.15) is 0 Å². The molecule has 0 aliphatic rings. The first-order valence-electron chi connectivity index (χ1n) is 7.52. The molecule has 0 unspecified atom stereocenters. The number of ether oxygens (including phenoxy) is 2. The molecule has 3 aromatic rings. The van der Waals surface area contributed by atoms with E-state index >= 15 is 0 Å². The van der Waals surface area contributed by atoms with Gasteiger partial charge in [-0.3, -0.25) is 9.59 Å². The lowest BCUT2D eigenvalue weighted by Crippen LogP contribution is -2.11. The molecule has 0 atom stereocenters. The van der Waals surface area contributed by atoms with Gasteiger partial charge in [-0.2, -0.15) is 0 Å². The number of hydrogen-bond donors (Lipinski definition) is 1. The van der Waals surface area contributed by atoms with Crippen LogP contribution in [0.2, 0.25) is 5.02 Å². The molecule has 0 saturated carbocycles. The Morgan fingerprint density at radius 2 is 2.04 bits per heavy atom. The second kappa shape index (κ2) is 7.13. The van der Waals surface area contributed by atoms with Crippen LogP contribution >= 0.6 is 11.6 Å². The number of hydrogen-bond acceptors (Lipinski definition) is 5. The molecule has 2 heterocycles. The van der Waals surface area contributed by atoms with E-state index in [4.69, 9.17) is 25.5 Å². The fraction of sp³-hybridized carbons (Fsp3) is 0.222. The van der Waals surface area contributed by atoms with Crippen LogP contribution in [0.1, 0.15) is 27.4 Å². The minimum Gasteiger partial charge on any atom is -0.469 e. The Balaban J connectivity index is 2.13. The minimum atomic E-state index is -0.443. The molecule has 0 amide bonds. The lowest BCUT2D eigenvalue weighted by atomic mass is 10.0. The van der Waals surface area contributed by atoms with Crippen LogP contribution in [0.15, 0.2) is 34.9 Å². The molecule has 0 spiro atoms. The second-order valence-electron chi connectivity index (χ2n) is 5.46. The number of rotatable bonds is 6. The molecule has 2 aromatic heterocycles. The maximum atomic E-state index is 13.0. The molecule has 25 heavy (non-hydrogen) atoms. The van der Waals surface area contributed by atoms with E-state index < -0.39 is 5.97 Å². The third-order valence-corrected chi connectivity index (χ3v) is 4.13. The van der Waals surface area contributed by atoms with E-state index in [1.807, 2.05) is 0 Å². The Labute approximate surface area is 148 Å². The van der Waals surface area contributed by atoms with Crippen LogP contribution in [0.3, 0.4) is 0 Å². The fourth-order valence-corrected chi connectivity index (χ4v) is 2.91. The topological polar surface area (TPSA) is 81.5 Å². The molecular formula is C18H16ClNO5. The first-order valence-corrected chi connectivity index (χ1v) is 7.90. The predicted octanol–water partition coefficient (Wildman–Crippen LogP) is 3.51. The molecule has 3 rings (SSSR count). The molecule has 0 saturated heterocycles. The fourth-order valence-electron chi connectivity index (χ4n) is 2.74. The predicted molar refractivity (Wildman–Crippen MR) is 91.9 cm³/mol. The zero-order valence-corrected chi connectivity index (χ0v) is 14.5. The number of aromatic nitrogens is 1. The molecule has 7 heteroatoms. The standard InChI is InChI=1S/C18H16ClNO5/c1-23-9-10-5-6-25-18(10)17(22)16-13(8-15(21)24-2)12-4-3-11(19)7-14(12)20-16/h3-7,20H,8-9H2,1-2H3. The second-order valence-corrected chi connectivity index (χ2v) is 5.89. The van der Waals surface area contributed by atoms with Gasteiger partial charge in [0.15, 0.2) is 5.76 Å². The van der Waals surface area contributed by atoms with E-state index in [1.54, 1.807) is 24.3 Å². The number of methoxy groups -OCH3 is 2. The van der Waals surface area contributed by atoms with E-state index in [0.717, 1.165) is 5.39 Å². The Bertz CT molecular complexity index is 940. The van der Waals surface area contributed by atoms with Crippen LogP contribution in [0.4, 0.5) is 0 Å². The summed E-state index contributed by atoms with van der Waals surface area (Å²) in [4.78, 5) is 27.8. The number of benzene rings is 1. The number of ketones is 1. The van der Waals surface area contributed by atoms with Crippen LogP contribution in [0.25, 0.3) is 10.9 Å². The molecule has 0 aliphatic heterocycles. The number of carbonyl (C=O) groups excluding carboxylic acids is 2. The lowest BCUT2D eigenvalue weighted by molar-refractivity contribution is -0.139. The van der Waals surface area contributed by atoms with E-state index in [9.17, 15) is 9.59 Å². The summed E-state index contributed by atoms with van der Waals surface area (Å²) >= 11 is 6.03. The third kappa shape index (κ3) is 3.31. The largest absolute Gasteiger partial charge is 0.469 e. The summed E-state index contributed by atoms with van der Waals surface area (Å²) < 4.78 is 15.2. The average molecular weight is 362 g/mol. The Kier molecular flexibility index (Phi) is 4.92. The summed E-state index contributed by atoms with van der Waals surface area (Å²) in [6.45, 7) is 0.246. The van der Waals surface area contributed by atoms with E-state index in [2.05, 4.69) is 4.98 Å². The number of fused-ring (bicyclic) bond motifs is 1.